The molecule has 0 bridgehead atoms. The smallest absolute Gasteiger partial charge is 0.0342 e. The molecule has 7 aromatic carbocycles. The predicted molar refractivity (Wildman–Crippen MR) is 194 cm³/mol. The van der Waals surface area contributed by atoms with E-state index in [-0.39, 0.29) is 0 Å². The summed E-state index contributed by atoms with van der Waals surface area (Å²) in [5.41, 5.74) is 7.59. The lowest BCUT2D eigenvalue weighted by Gasteiger charge is -2.20. The molecule has 2 heterocycles. The van der Waals surface area contributed by atoms with Gasteiger partial charge in [-0.15, -0.1) is 22.7 Å². The Kier molecular flexibility index (Phi) is 5.97. The summed E-state index contributed by atoms with van der Waals surface area (Å²) in [6.45, 7) is 0. The quantitative estimate of drug-likeness (QED) is 0.178. The van der Waals surface area contributed by atoms with Crippen LogP contribution in [0.2, 0.25) is 0 Å². The molecule has 0 atom stereocenters. The molecular weight excluding hydrogens is 569 g/mol. The number of rotatable bonds is 4. The lowest BCUT2D eigenvalue weighted by atomic mass is 9.84. The zero-order valence-corrected chi connectivity index (χ0v) is 25.5. The van der Waals surface area contributed by atoms with Crippen molar-refractivity contribution in [2.75, 3.05) is 0 Å². The summed E-state index contributed by atoms with van der Waals surface area (Å²) in [6.07, 6.45) is 0. The Labute approximate surface area is 264 Å². The van der Waals surface area contributed by atoms with Gasteiger partial charge in [-0.05, 0) is 124 Å². The van der Waals surface area contributed by atoms with Crippen molar-refractivity contribution in [1.29, 1.82) is 0 Å². The van der Waals surface area contributed by atoms with E-state index in [2.05, 4.69) is 156 Å². The van der Waals surface area contributed by atoms with Crippen molar-refractivity contribution >= 4 is 65.8 Å². The average molecular weight is 595 g/mol. The molecule has 0 spiro atoms. The number of hydrogen-bond acceptors (Lipinski definition) is 2. The molecule has 0 saturated carbocycles. The van der Waals surface area contributed by atoms with Crippen LogP contribution in [0.4, 0.5) is 0 Å². The summed E-state index contributed by atoms with van der Waals surface area (Å²) in [7, 11) is 0. The van der Waals surface area contributed by atoms with Crippen LogP contribution in [0.3, 0.4) is 0 Å². The van der Waals surface area contributed by atoms with E-state index in [1.165, 1.54) is 86.2 Å². The summed E-state index contributed by atoms with van der Waals surface area (Å²) < 4.78 is 0. The van der Waals surface area contributed by atoms with Crippen molar-refractivity contribution in [1.82, 2.24) is 0 Å². The van der Waals surface area contributed by atoms with Gasteiger partial charge in [0, 0.05) is 9.75 Å². The topological polar surface area (TPSA) is 0 Å². The van der Waals surface area contributed by atoms with E-state index < -0.39 is 0 Å². The highest BCUT2D eigenvalue weighted by molar-refractivity contribution is 7.13. The minimum Gasteiger partial charge on any atom is -0.144 e. The summed E-state index contributed by atoms with van der Waals surface area (Å²) in [6, 6.07) is 54.1. The van der Waals surface area contributed by atoms with Crippen LogP contribution in [0.1, 0.15) is 0 Å². The highest BCUT2D eigenvalue weighted by Gasteiger charge is 2.19. The Bertz CT molecular complexity index is 2300. The Morgan fingerprint density at radius 2 is 0.727 bits per heavy atom. The van der Waals surface area contributed by atoms with Crippen molar-refractivity contribution in [3.63, 3.8) is 0 Å². The molecule has 0 aliphatic carbocycles. The molecule has 2 heteroatoms. The van der Waals surface area contributed by atoms with Gasteiger partial charge in [0.2, 0.25) is 0 Å². The maximum atomic E-state index is 2.42. The second-order valence-corrected chi connectivity index (χ2v) is 13.2. The van der Waals surface area contributed by atoms with Gasteiger partial charge in [0.15, 0.2) is 0 Å². The van der Waals surface area contributed by atoms with Crippen LogP contribution >= 0.6 is 22.7 Å². The van der Waals surface area contributed by atoms with Gasteiger partial charge in [0.05, 0.1) is 0 Å². The van der Waals surface area contributed by atoms with Gasteiger partial charge in [0.1, 0.15) is 0 Å². The first-order valence-electron chi connectivity index (χ1n) is 14.9. The van der Waals surface area contributed by atoms with E-state index in [0.717, 1.165) is 0 Å². The summed E-state index contributed by atoms with van der Waals surface area (Å²) in [4.78, 5) is 2.58. The fraction of sp³-hybridized carbons (Fsp3) is 0. The zero-order valence-electron chi connectivity index (χ0n) is 23.8. The predicted octanol–water partition coefficient (Wildman–Crippen LogP) is 13.1. The molecular formula is C42H26S2. The zero-order chi connectivity index (χ0) is 29.0. The minimum atomic E-state index is 1.25. The Balaban J connectivity index is 1.44. The molecule has 0 N–H and O–H groups in total. The molecule has 0 saturated heterocycles. The summed E-state index contributed by atoms with van der Waals surface area (Å²) >= 11 is 3.59. The second kappa shape index (κ2) is 10.3. The van der Waals surface area contributed by atoms with E-state index in [1.54, 1.807) is 22.7 Å². The molecule has 0 aliphatic rings. The van der Waals surface area contributed by atoms with Gasteiger partial charge < -0.3 is 0 Å². The van der Waals surface area contributed by atoms with Gasteiger partial charge in [-0.2, -0.15) is 0 Å². The fourth-order valence-electron chi connectivity index (χ4n) is 6.73. The minimum absolute atomic E-state index is 1.25. The molecule has 0 nitrogen and oxygen atoms in total. The molecule has 0 unspecified atom stereocenters. The normalized spacial score (nSPS) is 11.6. The number of benzene rings is 7. The monoisotopic (exact) mass is 594 g/mol. The first-order valence-corrected chi connectivity index (χ1v) is 16.7. The fourth-order valence-corrected chi connectivity index (χ4v) is 8.18. The third-order valence-electron chi connectivity index (χ3n) is 8.80. The maximum Gasteiger partial charge on any atom is 0.0342 e. The lowest BCUT2D eigenvalue weighted by Crippen LogP contribution is -1.92. The van der Waals surface area contributed by atoms with Crippen molar-refractivity contribution < 1.29 is 0 Å². The highest BCUT2D eigenvalue weighted by Crippen LogP contribution is 2.47. The molecule has 0 aliphatic heterocycles. The van der Waals surface area contributed by atoms with E-state index in [1.807, 2.05) is 0 Å². The lowest BCUT2D eigenvalue weighted by molar-refractivity contribution is 1.67. The van der Waals surface area contributed by atoms with Gasteiger partial charge in [-0.3, -0.25) is 0 Å². The first-order chi connectivity index (χ1) is 21.8. The number of hydrogen-bond donors (Lipinski definition) is 0. The van der Waals surface area contributed by atoms with Gasteiger partial charge >= 0.3 is 0 Å². The molecule has 2 aromatic heterocycles. The number of thiophene rings is 2. The molecule has 0 radical (unpaired) electrons. The molecule has 9 rings (SSSR count). The van der Waals surface area contributed by atoms with E-state index in [4.69, 9.17) is 0 Å². The van der Waals surface area contributed by atoms with Gasteiger partial charge in [-0.1, -0.05) is 109 Å². The maximum absolute atomic E-state index is 2.42. The molecule has 0 amide bonds. The highest BCUT2D eigenvalue weighted by atomic mass is 32.1. The third-order valence-corrected chi connectivity index (χ3v) is 10.6. The van der Waals surface area contributed by atoms with Crippen LogP contribution < -0.4 is 0 Å². The van der Waals surface area contributed by atoms with E-state index in [9.17, 15) is 0 Å². The van der Waals surface area contributed by atoms with E-state index >= 15 is 0 Å². The van der Waals surface area contributed by atoms with Crippen LogP contribution in [-0.2, 0) is 0 Å². The summed E-state index contributed by atoms with van der Waals surface area (Å²) in [5, 5.41) is 14.5. The van der Waals surface area contributed by atoms with Crippen LogP contribution in [0, 0.1) is 0 Å². The van der Waals surface area contributed by atoms with E-state index in [0.29, 0.717) is 0 Å². The van der Waals surface area contributed by atoms with Crippen molar-refractivity contribution in [3.05, 3.63) is 156 Å². The third kappa shape index (κ3) is 4.18. The largest absolute Gasteiger partial charge is 0.144 e. The summed E-state index contributed by atoms with van der Waals surface area (Å²) in [5.74, 6) is 0. The van der Waals surface area contributed by atoms with Gasteiger partial charge in [0.25, 0.3) is 0 Å². The van der Waals surface area contributed by atoms with Crippen LogP contribution in [0.15, 0.2) is 156 Å². The molecule has 44 heavy (non-hydrogen) atoms. The average Bonchev–Trinajstić information content (AvgIpc) is 3.82. The van der Waals surface area contributed by atoms with Crippen LogP contribution in [-0.4, -0.2) is 0 Å². The Morgan fingerprint density at radius 1 is 0.295 bits per heavy atom. The standard InChI is InChI=1S/C42H26S2/c1-3-9-29-23-33(15-13-27(29)7-1)41-35-19-17-32(40-12-6-22-44-40)26-38(35)42(34-16-14-28-8-2-4-10-30(28)24-34)36-20-18-31(25-37(36)41)39-11-5-21-43-39/h1-26H. The van der Waals surface area contributed by atoms with Crippen LogP contribution in [0.25, 0.3) is 86.2 Å². The number of fused-ring (bicyclic) bond motifs is 4. The van der Waals surface area contributed by atoms with Gasteiger partial charge in [-0.25, -0.2) is 0 Å². The van der Waals surface area contributed by atoms with Crippen molar-refractivity contribution in [2.45, 2.75) is 0 Å². The second-order valence-electron chi connectivity index (χ2n) is 11.3. The molecule has 9 aromatic rings. The first kappa shape index (κ1) is 25.5. The van der Waals surface area contributed by atoms with Crippen molar-refractivity contribution in [2.24, 2.45) is 0 Å². The Morgan fingerprint density at radius 3 is 1.16 bits per heavy atom. The molecule has 206 valence electrons. The molecule has 0 fully saturated rings. The van der Waals surface area contributed by atoms with Crippen LogP contribution in [0.5, 0.6) is 0 Å². The Hall–Kier alpha value is -5.02. The SMILES string of the molecule is c1csc(-c2ccc3c(-c4ccc5ccccc5c4)c4cc(-c5cccs5)ccc4c(-c4ccc5ccccc5c4)c3c2)c1. The van der Waals surface area contributed by atoms with Crippen molar-refractivity contribution in [3.8, 4) is 43.1 Å².